The monoisotopic (exact) mass is 482 g/mol. The quantitative estimate of drug-likeness (QED) is 0.409. The topological polar surface area (TPSA) is 128 Å². The van der Waals surface area contributed by atoms with E-state index in [0.717, 1.165) is 8.78 Å². The van der Waals surface area contributed by atoms with E-state index < -0.39 is 22.5 Å². The fourth-order valence-corrected chi connectivity index (χ4v) is 3.72. The van der Waals surface area contributed by atoms with Gasteiger partial charge < -0.3 is 10.4 Å². The third-order valence-corrected chi connectivity index (χ3v) is 5.94. The third kappa shape index (κ3) is 6.38. The summed E-state index contributed by atoms with van der Waals surface area (Å²) in [4.78, 5) is 23.0. The van der Waals surface area contributed by atoms with Gasteiger partial charge in [0.05, 0.1) is 17.7 Å². The predicted molar refractivity (Wildman–Crippen MR) is 112 cm³/mol. The number of nitrogens with one attached hydrogen (secondary N) is 2. The van der Waals surface area contributed by atoms with E-state index in [0.29, 0.717) is 11.3 Å². The number of aromatic hydroxyl groups is 1. The summed E-state index contributed by atoms with van der Waals surface area (Å²) in [6.07, 6.45) is 1.24. The Bertz CT molecular complexity index is 1040. The van der Waals surface area contributed by atoms with Crippen molar-refractivity contribution in [2.75, 3.05) is 18.9 Å². The summed E-state index contributed by atoms with van der Waals surface area (Å²) in [5.41, 5.74) is 3.05. The molecule has 0 radical (unpaired) electrons. The van der Waals surface area contributed by atoms with Gasteiger partial charge in [0.1, 0.15) is 5.75 Å². The molecule has 0 aliphatic carbocycles. The molecule has 29 heavy (non-hydrogen) atoms. The average Bonchev–Trinajstić information content (AvgIpc) is 2.64. The lowest BCUT2D eigenvalue weighted by Crippen LogP contribution is -2.36. The van der Waals surface area contributed by atoms with Crippen LogP contribution in [-0.4, -0.2) is 49.5 Å². The molecule has 0 saturated carbocycles. The van der Waals surface area contributed by atoms with Crippen LogP contribution in [0, 0.1) is 0 Å². The van der Waals surface area contributed by atoms with Crippen molar-refractivity contribution in [3.63, 3.8) is 0 Å². The summed E-state index contributed by atoms with van der Waals surface area (Å²) in [6, 6.07) is 10.3. The Morgan fingerprint density at radius 3 is 2.48 bits per heavy atom. The lowest BCUT2D eigenvalue weighted by atomic mass is 10.2. The Hall–Kier alpha value is -2.76. The number of rotatable bonds is 7. The molecule has 2 aromatic rings. The van der Waals surface area contributed by atoms with Gasteiger partial charge in [-0.1, -0.05) is 15.9 Å². The van der Waals surface area contributed by atoms with Gasteiger partial charge in [0.2, 0.25) is 15.9 Å². The number of phenols is 1. The van der Waals surface area contributed by atoms with Gasteiger partial charge in [-0.15, -0.1) is 0 Å². The number of likely N-dealkylation sites (N-methyl/N-ethyl adjacent to an activating group) is 1. The normalized spacial score (nSPS) is 11.6. The Kier molecular flexibility index (Phi) is 7.48. The van der Waals surface area contributed by atoms with Crippen molar-refractivity contribution in [1.29, 1.82) is 0 Å². The molecule has 3 N–H and O–H groups in total. The van der Waals surface area contributed by atoms with Crippen molar-refractivity contribution >= 4 is 49.7 Å². The molecular weight excluding hydrogens is 464 g/mol. The minimum atomic E-state index is -3.91. The second kappa shape index (κ2) is 9.63. The molecule has 0 unspecified atom stereocenters. The first-order valence-electron chi connectivity index (χ1n) is 8.24. The molecule has 0 aliphatic heterocycles. The van der Waals surface area contributed by atoms with Gasteiger partial charge in [-0.05, 0) is 42.5 Å². The third-order valence-electron chi connectivity index (χ3n) is 3.63. The average molecular weight is 483 g/mol. The largest absolute Gasteiger partial charge is 0.507 e. The summed E-state index contributed by atoms with van der Waals surface area (Å²) in [7, 11) is -2.64. The van der Waals surface area contributed by atoms with E-state index in [1.807, 2.05) is 0 Å². The number of hydrogen-bond donors (Lipinski definition) is 3. The minimum Gasteiger partial charge on any atom is -0.507 e. The van der Waals surface area contributed by atoms with Gasteiger partial charge in [-0.25, -0.2) is 13.8 Å². The van der Waals surface area contributed by atoms with Gasteiger partial charge in [-0.3, -0.25) is 9.59 Å². The number of halogens is 1. The van der Waals surface area contributed by atoms with Crippen molar-refractivity contribution in [1.82, 2.24) is 9.73 Å². The van der Waals surface area contributed by atoms with E-state index in [1.165, 1.54) is 50.5 Å². The van der Waals surface area contributed by atoms with Crippen LogP contribution in [0.1, 0.15) is 12.5 Å². The highest BCUT2D eigenvalue weighted by molar-refractivity contribution is 9.10. The molecule has 0 fully saturated rings. The highest BCUT2D eigenvalue weighted by Crippen LogP contribution is 2.20. The number of hydrazone groups is 1. The van der Waals surface area contributed by atoms with E-state index in [4.69, 9.17) is 0 Å². The summed E-state index contributed by atoms with van der Waals surface area (Å²) in [5, 5.41) is 16.0. The molecule has 0 aliphatic rings. The molecule has 2 aromatic carbocycles. The van der Waals surface area contributed by atoms with E-state index in [-0.39, 0.29) is 16.6 Å². The molecule has 2 amide bonds. The van der Waals surface area contributed by atoms with Gasteiger partial charge >= 0.3 is 0 Å². The first-order chi connectivity index (χ1) is 13.6. The van der Waals surface area contributed by atoms with Crippen molar-refractivity contribution in [3.05, 3.63) is 52.5 Å². The van der Waals surface area contributed by atoms with Crippen LogP contribution in [0.5, 0.6) is 5.75 Å². The van der Waals surface area contributed by atoms with E-state index in [9.17, 15) is 23.1 Å². The fraction of sp³-hybridized carbons (Fsp3) is 0.167. The molecule has 0 saturated heterocycles. The lowest BCUT2D eigenvalue weighted by molar-refractivity contribution is -0.121. The summed E-state index contributed by atoms with van der Waals surface area (Å²) in [5.74, 6) is -0.948. The molecular formula is C18H19BrN4O5S. The molecule has 0 spiro atoms. The Balaban J connectivity index is 1.99. The zero-order chi connectivity index (χ0) is 21.6. The van der Waals surface area contributed by atoms with E-state index in [2.05, 4.69) is 31.8 Å². The Labute approximate surface area is 176 Å². The van der Waals surface area contributed by atoms with Crippen LogP contribution >= 0.6 is 15.9 Å². The second-order valence-corrected chi connectivity index (χ2v) is 8.92. The van der Waals surface area contributed by atoms with Crippen LogP contribution in [-0.2, 0) is 19.6 Å². The fourth-order valence-electron chi connectivity index (χ4n) is 2.22. The standard InChI is InChI=1S/C18H19BrN4O5S/c1-12(24)21-15-4-6-16(7-5-15)29(27,28)23(2)11-18(26)22-20-10-13-9-14(19)3-8-17(13)25/h3-10,25H,11H2,1-2H3,(H,21,24)(H,22,26). The Morgan fingerprint density at radius 2 is 1.86 bits per heavy atom. The number of nitrogens with zero attached hydrogens (tertiary/aromatic N) is 2. The molecule has 11 heteroatoms. The molecule has 0 aromatic heterocycles. The molecule has 0 atom stereocenters. The number of anilines is 1. The molecule has 0 bridgehead atoms. The van der Waals surface area contributed by atoms with Crippen LogP contribution < -0.4 is 10.7 Å². The van der Waals surface area contributed by atoms with Crippen molar-refractivity contribution in [2.45, 2.75) is 11.8 Å². The maximum Gasteiger partial charge on any atom is 0.255 e. The first-order valence-corrected chi connectivity index (χ1v) is 10.5. The van der Waals surface area contributed by atoms with Crippen molar-refractivity contribution in [3.8, 4) is 5.75 Å². The number of amides is 2. The SMILES string of the molecule is CC(=O)Nc1ccc(S(=O)(=O)N(C)CC(=O)NN=Cc2cc(Br)ccc2O)cc1. The van der Waals surface area contributed by atoms with Crippen LogP contribution in [0.2, 0.25) is 0 Å². The first kappa shape index (κ1) is 22.5. The number of benzene rings is 2. The number of phenolic OH excluding ortho intramolecular Hbond substituents is 1. The maximum atomic E-state index is 12.6. The van der Waals surface area contributed by atoms with Gasteiger partial charge in [0, 0.05) is 29.7 Å². The summed E-state index contributed by atoms with van der Waals surface area (Å²) < 4.78 is 26.7. The molecule has 2 rings (SSSR count). The number of hydrogen-bond acceptors (Lipinski definition) is 6. The van der Waals surface area contributed by atoms with Crippen LogP contribution in [0.4, 0.5) is 5.69 Å². The molecule has 0 heterocycles. The zero-order valence-corrected chi connectivity index (χ0v) is 18.0. The smallest absolute Gasteiger partial charge is 0.255 e. The van der Waals surface area contributed by atoms with Crippen LogP contribution in [0.3, 0.4) is 0 Å². The molecule has 154 valence electrons. The number of carbonyl (C=O) groups excluding carboxylic acids is 2. The number of carbonyl (C=O) groups is 2. The summed E-state index contributed by atoms with van der Waals surface area (Å²) in [6.45, 7) is 0.884. The van der Waals surface area contributed by atoms with Gasteiger partial charge in [0.15, 0.2) is 0 Å². The minimum absolute atomic E-state index is 0.0198. The van der Waals surface area contributed by atoms with E-state index >= 15 is 0 Å². The summed E-state index contributed by atoms with van der Waals surface area (Å²) >= 11 is 3.26. The highest BCUT2D eigenvalue weighted by Gasteiger charge is 2.22. The zero-order valence-electron chi connectivity index (χ0n) is 15.6. The molecule has 9 nitrogen and oxygen atoms in total. The van der Waals surface area contributed by atoms with Crippen molar-refractivity contribution in [2.24, 2.45) is 5.10 Å². The highest BCUT2D eigenvalue weighted by atomic mass is 79.9. The lowest BCUT2D eigenvalue weighted by Gasteiger charge is -2.16. The Morgan fingerprint density at radius 1 is 1.21 bits per heavy atom. The van der Waals surface area contributed by atoms with Crippen molar-refractivity contribution < 1.29 is 23.1 Å². The van der Waals surface area contributed by atoms with Gasteiger partial charge in [0.25, 0.3) is 5.91 Å². The second-order valence-electron chi connectivity index (χ2n) is 5.96. The van der Waals surface area contributed by atoms with E-state index in [1.54, 1.807) is 12.1 Å². The maximum absolute atomic E-state index is 12.6. The number of sulfonamides is 1. The van der Waals surface area contributed by atoms with Gasteiger partial charge in [-0.2, -0.15) is 9.41 Å². The van der Waals surface area contributed by atoms with Crippen LogP contribution in [0.15, 0.2) is 56.9 Å². The predicted octanol–water partition coefficient (Wildman–Crippen LogP) is 1.88. The van der Waals surface area contributed by atoms with Crippen LogP contribution in [0.25, 0.3) is 0 Å².